The molecule has 1 aromatic carbocycles. The molecule has 1 fully saturated rings. The highest BCUT2D eigenvalue weighted by molar-refractivity contribution is 5.97. The van der Waals surface area contributed by atoms with Gasteiger partial charge < -0.3 is 15.6 Å². The van der Waals surface area contributed by atoms with Crippen molar-refractivity contribution >= 4 is 16.8 Å². The Balaban J connectivity index is 1.94. The third-order valence-electron chi connectivity index (χ3n) is 4.18. The fourth-order valence-corrected chi connectivity index (χ4v) is 2.99. The zero-order valence-corrected chi connectivity index (χ0v) is 11.1. The minimum absolute atomic E-state index is 0.368. The molecule has 0 bridgehead atoms. The minimum Gasteiger partial charge on any atom is -0.366 e. The van der Waals surface area contributed by atoms with Gasteiger partial charge in [-0.15, -0.1) is 0 Å². The lowest BCUT2D eigenvalue weighted by molar-refractivity contribution is 0.100. The number of nitrogens with two attached hydrogens (primary N) is 1. The molecule has 19 heavy (non-hydrogen) atoms. The summed E-state index contributed by atoms with van der Waals surface area (Å²) >= 11 is 0. The summed E-state index contributed by atoms with van der Waals surface area (Å²) in [6, 6.07) is 6.21. The number of likely N-dealkylation sites (N-methyl/N-ethyl adjacent to an activating group) is 1. The van der Waals surface area contributed by atoms with Crippen LogP contribution in [0.25, 0.3) is 10.9 Å². The second-order valence-corrected chi connectivity index (χ2v) is 5.42. The van der Waals surface area contributed by atoms with E-state index in [1.807, 2.05) is 12.1 Å². The number of amides is 1. The molecule has 3 rings (SSSR count). The van der Waals surface area contributed by atoms with Crippen LogP contribution in [-0.2, 0) is 6.42 Å². The maximum Gasteiger partial charge on any atom is 0.248 e. The van der Waals surface area contributed by atoms with Crippen LogP contribution in [0.3, 0.4) is 0 Å². The fourth-order valence-electron chi connectivity index (χ4n) is 2.99. The minimum atomic E-state index is -0.368. The van der Waals surface area contributed by atoms with Gasteiger partial charge in [-0.25, -0.2) is 0 Å². The number of rotatable bonds is 3. The van der Waals surface area contributed by atoms with Crippen molar-refractivity contribution in [2.45, 2.75) is 25.3 Å². The first-order chi connectivity index (χ1) is 9.15. The highest BCUT2D eigenvalue weighted by Crippen LogP contribution is 2.25. The van der Waals surface area contributed by atoms with Gasteiger partial charge >= 0.3 is 0 Å². The molecule has 1 aliphatic heterocycles. The number of nitrogens with one attached hydrogen (secondary N) is 1. The topological polar surface area (TPSA) is 62.1 Å². The Kier molecular flexibility index (Phi) is 3.03. The van der Waals surface area contributed by atoms with E-state index in [1.54, 1.807) is 6.07 Å². The summed E-state index contributed by atoms with van der Waals surface area (Å²) in [6.45, 7) is 1.18. The lowest BCUT2D eigenvalue weighted by Crippen LogP contribution is -2.26. The molecule has 3 N–H and O–H groups in total. The van der Waals surface area contributed by atoms with E-state index in [1.165, 1.54) is 24.9 Å². The van der Waals surface area contributed by atoms with Gasteiger partial charge in [-0.2, -0.15) is 0 Å². The Morgan fingerprint density at radius 2 is 2.37 bits per heavy atom. The Morgan fingerprint density at radius 3 is 3.05 bits per heavy atom. The van der Waals surface area contributed by atoms with Gasteiger partial charge in [0.05, 0.1) is 0 Å². The Bertz CT molecular complexity index is 617. The van der Waals surface area contributed by atoms with Crippen molar-refractivity contribution in [2.24, 2.45) is 5.73 Å². The predicted molar refractivity (Wildman–Crippen MR) is 76.2 cm³/mol. The number of H-pyrrole nitrogens is 1. The van der Waals surface area contributed by atoms with Crippen molar-refractivity contribution < 1.29 is 4.79 Å². The van der Waals surface area contributed by atoms with Crippen molar-refractivity contribution in [1.82, 2.24) is 9.88 Å². The number of carbonyl (C=O) groups is 1. The summed E-state index contributed by atoms with van der Waals surface area (Å²) in [6.07, 6.45) is 5.61. The van der Waals surface area contributed by atoms with Gasteiger partial charge in [-0.3, -0.25) is 4.79 Å². The molecule has 4 heteroatoms. The number of hydrogen-bond donors (Lipinski definition) is 2. The molecule has 2 heterocycles. The Morgan fingerprint density at radius 1 is 1.53 bits per heavy atom. The molecule has 2 aromatic rings. The zero-order valence-electron chi connectivity index (χ0n) is 11.1. The van der Waals surface area contributed by atoms with Gasteiger partial charge in [0.2, 0.25) is 5.91 Å². The molecule has 1 saturated heterocycles. The molecule has 1 aromatic heterocycles. The molecule has 1 atom stereocenters. The van der Waals surface area contributed by atoms with Crippen molar-refractivity contribution in [3.63, 3.8) is 0 Å². The van der Waals surface area contributed by atoms with E-state index in [-0.39, 0.29) is 5.91 Å². The number of aromatic nitrogens is 1. The van der Waals surface area contributed by atoms with Crippen LogP contribution in [0, 0.1) is 0 Å². The van der Waals surface area contributed by atoms with Gasteiger partial charge in [0.1, 0.15) is 0 Å². The molecular weight excluding hydrogens is 238 g/mol. The van der Waals surface area contributed by atoms with Gasteiger partial charge in [0.15, 0.2) is 0 Å². The summed E-state index contributed by atoms with van der Waals surface area (Å²) in [5.74, 6) is -0.368. The highest BCUT2D eigenvalue weighted by Gasteiger charge is 2.22. The molecule has 100 valence electrons. The molecular formula is C15H19N3O. The zero-order chi connectivity index (χ0) is 13.4. The maximum atomic E-state index is 11.3. The first-order valence-corrected chi connectivity index (χ1v) is 6.75. The predicted octanol–water partition coefficient (Wildman–Crippen LogP) is 1.90. The van der Waals surface area contributed by atoms with Crippen LogP contribution in [0.5, 0.6) is 0 Å². The van der Waals surface area contributed by atoms with Gasteiger partial charge in [0, 0.05) is 28.7 Å². The number of primary amides is 1. The summed E-state index contributed by atoms with van der Waals surface area (Å²) < 4.78 is 0. The molecule has 0 aliphatic carbocycles. The van der Waals surface area contributed by atoms with Crippen molar-refractivity contribution in [3.8, 4) is 0 Å². The summed E-state index contributed by atoms with van der Waals surface area (Å²) in [5.41, 5.74) is 8.27. The summed E-state index contributed by atoms with van der Waals surface area (Å²) in [7, 11) is 2.18. The highest BCUT2D eigenvalue weighted by atomic mass is 16.1. The molecule has 1 amide bonds. The van der Waals surface area contributed by atoms with Crippen LogP contribution in [0.15, 0.2) is 24.4 Å². The average molecular weight is 257 g/mol. The van der Waals surface area contributed by atoms with Crippen molar-refractivity contribution in [2.75, 3.05) is 13.6 Å². The van der Waals surface area contributed by atoms with Crippen LogP contribution >= 0.6 is 0 Å². The van der Waals surface area contributed by atoms with Crippen LogP contribution < -0.4 is 5.73 Å². The number of likely N-dealkylation sites (tertiary alicyclic amines) is 1. The van der Waals surface area contributed by atoms with E-state index in [2.05, 4.69) is 23.1 Å². The third-order valence-corrected chi connectivity index (χ3v) is 4.18. The van der Waals surface area contributed by atoms with Crippen LogP contribution in [0.1, 0.15) is 28.8 Å². The number of benzene rings is 1. The average Bonchev–Trinajstić information content (AvgIpc) is 2.97. The number of nitrogens with zero attached hydrogens (tertiary/aromatic N) is 1. The van der Waals surface area contributed by atoms with E-state index in [0.717, 1.165) is 17.3 Å². The number of aromatic amines is 1. The Hall–Kier alpha value is -1.81. The normalized spacial score (nSPS) is 20.2. The van der Waals surface area contributed by atoms with Crippen LogP contribution in [0.4, 0.5) is 0 Å². The third kappa shape index (κ3) is 2.24. The van der Waals surface area contributed by atoms with Gasteiger partial charge in [0.25, 0.3) is 0 Å². The number of fused-ring (bicyclic) bond motifs is 1. The molecule has 0 unspecified atom stereocenters. The molecule has 0 saturated carbocycles. The first-order valence-electron chi connectivity index (χ1n) is 6.75. The molecule has 0 spiro atoms. The molecule has 1 aliphatic rings. The van der Waals surface area contributed by atoms with E-state index in [4.69, 9.17) is 5.73 Å². The lowest BCUT2D eigenvalue weighted by atomic mass is 10.0. The SMILES string of the molecule is CN1CCC[C@@H]1Cc1c[nH]c2ccc(C(N)=O)cc12. The van der Waals surface area contributed by atoms with Crippen molar-refractivity contribution in [3.05, 3.63) is 35.5 Å². The first kappa shape index (κ1) is 12.2. The molecule has 4 nitrogen and oxygen atoms in total. The number of carbonyl (C=O) groups excluding carboxylic acids is 1. The maximum absolute atomic E-state index is 11.3. The monoisotopic (exact) mass is 257 g/mol. The summed E-state index contributed by atoms with van der Waals surface area (Å²) in [5, 5.41) is 1.12. The van der Waals surface area contributed by atoms with E-state index >= 15 is 0 Å². The Labute approximate surface area is 112 Å². The van der Waals surface area contributed by atoms with Crippen LogP contribution in [0.2, 0.25) is 0 Å². The van der Waals surface area contributed by atoms with Gasteiger partial charge in [-0.1, -0.05) is 0 Å². The fraction of sp³-hybridized carbons (Fsp3) is 0.400. The summed E-state index contributed by atoms with van der Waals surface area (Å²) in [4.78, 5) is 17.0. The van der Waals surface area contributed by atoms with E-state index in [0.29, 0.717) is 11.6 Å². The second kappa shape index (κ2) is 4.70. The van der Waals surface area contributed by atoms with Crippen molar-refractivity contribution in [1.29, 1.82) is 0 Å². The van der Waals surface area contributed by atoms with E-state index in [9.17, 15) is 4.79 Å². The standard InChI is InChI=1S/C15H19N3O/c1-18-6-2-3-12(18)7-11-9-17-14-5-4-10(15(16)19)8-13(11)14/h4-5,8-9,12,17H,2-3,6-7H2,1H3,(H2,16,19)/t12-/m1/s1. The van der Waals surface area contributed by atoms with E-state index < -0.39 is 0 Å². The van der Waals surface area contributed by atoms with Crippen LogP contribution in [-0.4, -0.2) is 35.4 Å². The quantitative estimate of drug-likeness (QED) is 0.882. The van der Waals surface area contributed by atoms with Gasteiger partial charge in [-0.05, 0) is 56.6 Å². The second-order valence-electron chi connectivity index (χ2n) is 5.42. The smallest absolute Gasteiger partial charge is 0.248 e. The largest absolute Gasteiger partial charge is 0.366 e. The molecule has 0 radical (unpaired) electrons. The lowest BCUT2D eigenvalue weighted by Gasteiger charge is -2.18. The number of hydrogen-bond acceptors (Lipinski definition) is 2.